The van der Waals surface area contributed by atoms with Crippen LogP contribution in [-0.4, -0.2) is 52.0 Å². The molecule has 134 valence electrons. The maximum Gasteiger partial charge on any atom is 0.274 e. The zero-order valence-electron chi connectivity index (χ0n) is 14.1. The number of hydroxylamine groups is 1. The highest BCUT2D eigenvalue weighted by Gasteiger charge is 2.22. The topological polar surface area (TPSA) is 87.7 Å². The Bertz CT molecular complexity index is 663. The predicted octanol–water partition coefficient (Wildman–Crippen LogP) is 1.13. The van der Waals surface area contributed by atoms with Crippen LogP contribution >= 0.6 is 0 Å². The minimum Gasteiger partial charge on any atom is -0.301 e. The second-order valence-electron chi connectivity index (χ2n) is 5.73. The summed E-state index contributed by atoms with van der Waals surface area (Å²) < 4.78 is 25.7. The predicted molar refractivity (Wildman–Crippen MR) is 91.0 cm³/mol. The Labute approximate surface area is 143 Å². The van der Waals surface area contributed by atoms with Crippen molar-refractivity contribution in [1.29, 1.82) is 0 Å². The molecule has 1 aliphatic heterocycles. The average molecular weight is 355 g/mol. The Kier molecular flexibility index (Phi) is 6.73. The first-order chi connectivity index (χ1) is 11.5. The van der Waals surface area contributed by atoms with E-state index in [9.17, 15) is 13.2 Å². The fourth-order valence-corrected chi connectivity index (χ4v) is 3.71. The molecule has 1 saturated heterocycles. The van der Waals surface area contributed by atoms with Crippen molar-refractivity contribution in [3.63, 3.8) is 0 Å². The van der Waals surface area contributed by atoms with Gasteiger partial charge < -0.3 is 4.90 Å². The van der Waals surface area contributed by atoms with Gasteiger partial charge in [-0.1, -0.05) is 13.0 Å². The molecule has 2 N–H and O–H groups in total. The van der Waals surface area contributed by atoms with Crippen molar-refractivity contribution in [3.8, 4) is 0 Å². The molecule has 0 aromatic heterocycles. The molecule has 24 heavy (non-hydrogen) atoms. The van der Waals surface area contributed by atoms with Crippen LogP contribution in [-0.2, 0) is 14.9 Å². The number of nitrogens with one attached hydrogen (secondary N) is 2. The maximum atomic E-state index is 12.1. The molecule has 0 saturated carbocycles. The van der Waals surface area contributed by atoms with E-state index >= 15 is 0 Å². The second-order valence-corrected chi connectivity index (χ2v) is 7.61. The maximum absolute atomic E-state index is 12.1. The molecular formula is C16H25N3O4S. The Morgan fingerprint density at radius 2 is 2.21 bits per heavy atom. The van der Waals surface area contributed by atoms with Crippen molar-refractivity contribution < 1.29 is 18.0 Å². The molecule has 2 rings (SSSR count). The molecule has 1 fully saturated rings. The summed E-state index contributed by atoms with van der Waals surface area (Å²) in [6.45, 7) is 4.73. The van der Waals surface area contributed by atoms with Gasteiger partial charge in [0.2, 0.25) is 10.0 Å². The number of benzene rings is 1. The highest BCUT2D eigenvalue weighted by molar-refractivity contribution is 7.89. The quantitative estimate of drug-likeness (QED) is 0.539. The van der Waals surface area contributed by atoms with Crippen LogP contribution in [0.4, 0.5) is 0 Å². The SMILES string of the molecule is CCN1CCCC1CCONC(=O)c1cccc(S(=O)(=O)NC)c1. The summed E-state index contributed by atoms with van der Waals surface area (Å²) in [7, 11) is -2.25. The lowest BCUT2D eigenvalue weighted by molar-refractivity contribution is 0.0243. The third kappa shape index (κ3) is 4.76. The standard InChI is InChI=1S/C16H25N3O4S/c1-3-19-10-5-7-14(19)9-11-23-18-16(20)13-6-4-8-15(12-13)24(21,22)17-2/h4,6,8,12,14,17H,3,5,7,9-11H2,1-2H3,(H,18,20). The van der Waals surface area contributed by atoms with Crippen molar-refractivity contribution in [3.05, 3.63) is 29.8 Å². The number of carbonyl (C=O) groups excluding carboxylic acids is 1. The molecule has 0 aliphatic carbocycles. The summed E-state index contributed by atoms with van der Waals surface area (Å²) in [5.74, 6) is -0.457. The second kappa shape index (κ2) is 8.57. The monoisotopic (exact) mass is 355 g/mol. The Morgan fingerprint density at radius 1 is 1.42 bits per heavy atom. The summed E-state index contributed by atoms with van der Waals surface area (Å²) in [5, 5.41) is 0. The van der Waals surface area contributed by atoms with Gasteiger partial charge in [0.25, 0.3) is 5.91 Å². The molecule has 1 unspecified atom stereocenters. The Balaban J connectivity index is 1.84. The Hall–Kier alpha value is -1.48. The van der Waals surface area contributed by atoms with Gasteiger partial charge >= 0.3 is 0 Å². The number of carbonyl (C=O) groups is 1. The lowest BCUT2D eigenvalue weighted by Gasteiger charge is -2.22. The molecule has 1 atom stereocenters. The number of likely N-dealkylation sites (tertiary alicyclic amines) is 1. The molecule has 1 aromatic rings. The average Bonchev–Trinajstić information content (AvgIpc) is 3.06. The smallest absolute Gasteiger partial charge is 0.274 e. The number of hydrogen-bond donors (Lipinski definition) is 2. The van der Waals surface area contributed by atoms with Crippen molar-refractivity contribution in [2.75, 3.05) is 26.7 Å². The van der Waals surface area contributed by atoms with Crippen molar-refractivity contribution in [2.45, 2.75) is 37.1 Å². The van der Waals surface area contributed by atoms with Crippen LogP contribution in [0.1, 0.15) is 36.5 Å². The van der Waals surface area contributed by atoms with E-state index in [4.69, 9.17) is 4.84 Å². The molecule has 1 aromatic carbocycles. The number of rotatable bonds is 8. The first-order valence-electron chi connectivity index (χ1n) is 8.17. The zero-order valence-corrected chi connectivity index (χ0v) is 14.9. The lowest BCUT2D eigenvalue weighted by atomic mass is 10.1. The zero-order chi connectivity index (χ0) is 17.6. The molecular weight excluding hydrogens is 330 g/mol. The van der Waals surface area contributed by atoms with Crippen LogP contribution in [0.2, 0.25) is 0 Å². The highest BCUT2D eigenvalue weighted by atomic mass is 32.2. The molecule has 0 bridgehead atoms. The van der Waals surface area contributed by atoms with E-state index in [0.717, 1.165) is 25.9 Å². The molecule has 8 heteroatoms. The largest absolute Gasteiger partial charge is 0.301 e. The molecule has 1 amide bonds. The van der Waals surface area contributed by atoms with Gasteiger partial charge in [-0.25, -0.2) is 18.6 Å². The van der Waals surface area contributed by atoms with Gasteiger partial charge in [0.1, 0.15) is 0 Å². The van der Waals surface area contributed by atoms with E-state index in [-0.39, 0.29) is 10.5 Å². The summed E-state index contributed by atoms with van der Waals surface area (Å²) in [6, 6.07) is 6.33. The van der Waals surface area contributed by atoms with Gasteiger partial charge in [0.15, 0.2) is 0 Å². The van der Waals surface area contributed by atoms with Crippen molar-refractivity contribution >= 4 is 15.9 Å². The van der Waals surface area contributed by atoms with E-state index in [2.05, 4.69) is 22.0 Å². The van der Waals surface area contributed by atoms with Gasteiger partial charge in [0, 0.05) is 11.6 Å². The fraction of sp³-hybridized carbons (Fsp3) is 0.562. The summed E-state index contributed by atoms with van der Waals surface area (Å²) >= 11 is 0. The van der Waals surface area contributed by atoms with Crippen LogP contribution in [0.3, 0.4) is 0 Å². The van der Waals surface area contributed by atoms with Crippen LogP contribution in [0.25, 0.3) is 0 Å². The summed E-state index contributed by atoms with van der Waals surface area (Å²) in [6.07, 6.45) is 3.23. The van der Waals surface area contributed by atoms with E-state index in [1.807, 2.05) is 0 Å². The van der Waals surface area contributed by atoms with Crippen LogP contribution in [0, 0.1) is 0 Å². The minimum atomic E-state index is -3.58. The lowest BCUT2D eigenvalue weighted by Crippen LogP contribution is -2.32. The fourth-order valence-electron chi connectivity index (χ4n) is 2.93. The normalized spacial score (nSPS) is 18.7. The summed E-state index contributed by atoms with van der Waals surface area (Å²) in [4.78, 5) is 19.8. The molecule has 1 aliphatic rings. The van der Waals surface area contributed by atoms with Gasteiger partial charge in [-0.15, -0.1) is 0 Å². The highest BCUT2D eigenvalue weighted by Crippen LogP contribution is 2.19. The first kappa shape index (κ1) is 18.9. The Morgan fingerprint density at radius 3 is 2.92 bits per heavy atom. The van der Waals surface area contributed by atoms with Gasteiger partial charge in [-0.3, -0.25) is 9.63 Å². The minimum absolute atomic E-state index is 0.0437. The third-order valence-electron chi connectivity index (χ3n) is 4.30. The summed E-state index contributed by atoms with van der Waals surface area (Å²) in [5.41, 5.74) is 2.62. The number of hydrogen-bond acceptors (Lipinski definition) is 5. The van der Waals surface area contributed by atoms with Crippen LogP contribution in [0.5, 0.6) is 0 Å². The number of sulfonamides is 1. The van der Waals surface area contributed by atoms with E-state index in [1.165, 1.54) is 31.7 Å². The van der Waals surface area contributed by atoms with Crippen molar-refractivity contribution in [1.82, 2.24) is 15.1 Å². The third-order valence-corrected chi connectivity index (χ3v) is 5.71. The van der Waals surface area contributed by atoms with Crippen molar-refractivity contribution in [2.24, 2.45) is 0 Å². The van der Waals surface area contributed by atoms with Gasteiger partial charge in [-0.2, -0.15) is 0 Å². The van der Waals surface area contributed by atoms with E-state index < -0.39 is 15.9 Å². The first-order valence-corrected chi connectivity index (χ1v) is 9.66. The molecule has 7 nitrogen and oxygen atoms in total. The molecule has 1 heterocycles. The number of amides is 1. The van der Waals surface area contributed by atoms with Crippen LogP contribution in [0.15, 0.2) is 29.2 Å². The van der Waals surface area contributed by atoms with E-state index in [0.29, 0.717) is 12.6 Å². The molecule has 0 spiro atoms. The van der Waals surface area contributed by atoms with Gasteiger partial charge in [-0.05, 0) is 57.6 Å². The van der Waals surface area contributed by atoms with Gasteiger partial charge in [0.05, 0.1) is 11.5 Å². The number of nitrogens with zero attached hydrogens (tertiary/aromatic N) is 1. The molecule has 0 radical (unpaired) electrons. The van der Waals surface area contributed by atoms with E-state index in [1.54, 1.807) is 6.07 Å². The van der Waals surface area contributed by atoms with Crippen LogP contribution < -0.4 is 10.2 Å².